The molecule has 2 heterocycles. The molecule has 1 aromatic heterocycles. The number of carbonyl (C=O) groups is 1. The fraction of sp³-hybridized carbons (Fsp3) is 0.250. The molecule has 0 atom stereocenters. The molecule has 2 aromatic rings. The third-order valence-electron chi connectivity index (χ3n) is 3.56. The Hall–Kier alpha value is -2.60. The van der Waals surface area contributed by atoms with Gasteiger partial charge in [-0.2, -0.15) is 0 Å². The van der Waals surface area contributed by atoms with Crippen molar-refractivity contribution in [3.8, 4) is 0 Å². The van der Waals surface area contributed by atoms with E-state index in [1.165, 1.54) is 12.3 Å². The minimum absolute atomic E-state index is 0.0970. The first-order chi connectivity index (χ1) is 10.7. The topological polar surface area (TPSA) is 74.4 Å². The van der Waals surface area contributed by atoms with E-state index < -0.39 is 11.5 Å². The number of anilines is 2. The summed E-state index contributed by atoms with van der Waals surface area (Å²) in [6.45, 7) is 3.20. The number of H-pyrrole nitrogens is 1. The Balaban J connectivity index is 1.69. The van der Waals surface area contributed by atoms with E-state index in [1.807, 2.05) is 24.3 Å². The monoisotopic (exact) mass is 299 g/mol. The molecule has 1 saturated heterocycles. The van der Waals surface area contributed by atoms with Crippen molar-refractivity contribution in [3.05, 3.63) is 58.5 Å². The van der Waals surface area contributed by atoms with Crippen LogP contribution in [0.3, 0.4) is 0 Å². The van der Waals surface area contributed by atoms with Gasteiger partial charge in [0.2, 0.25) is 0 Å². The summed E-state index contributed by atoms with van der Waals surface area (Å²) in [4.78, 5) is 28.4. The number of carbonyl (C=O) groups excluding carboxylic acids is 1. The zero-order chi connectivity index (χ0) is 15.4. The Morgan fingerprint density at radius 1 is 1.14 bits per heavy atom. The van der Waals surface area contributed by atoms with Gasteiger partial charge in [0, 0.05) is 30.7 Å². The molecule has 0 aliphatic carbocycles. The van der Waals surface area contributed by atoms with Gasteiger partial charge in [0.15, 0.2) is 0 Å². The SMILES string of the molecule is O=C(Nc1ccc(N2CCOCC2)cc1)c1ccc[nH]c1=O. The standard InChI is InChI=1S/C16H17N3O3/c20-15-14(2-1-7-17-15)16(21)18-12-3-5-13(6-4-12)19-8-10-22-11-9-19/h1-7H,8-11H2,(H,17,20)(H,18,21). The molecular weight excluding hydrogens is 282 g/mol. The van der Waals surface area contributed by atoms with E-state index >= 15 is 0 Å². The maximum absolute atomic E-state index is 12.1. The Morgan fingerprint density at radius 3 is 2.55 bits per heavy atom. The maximum atomic E-state index is 12.1. The summed E-state index contributed by atoms with van der Waals surface area (Å²) in [7, 11) is 0. The van der Waals surface area contributed by atoms with E-state index in [2.05, 4.69) is 15.2 Å². The van der Waals surface area contributed by atoms with Crippen molar-refractivity contribution in [2.45, 2.75) is 0 Å². The molecule has 1 aliphatic rings. The van der Waals surface area contributed by atoms with E-state index in [0.29, 0.717) is 5.69 Å². The molecule has 0 bridgehead atoms. The lowest BCUT2D eigenvalue weighted by molar-refractivity contribution is 0.102. The Bertz CT molecular complexity index is 703. The van der Waals surface area contributed by atoms with E-state index in [-0.39, 0.29) is 5.56 Å². The second-order valence-corrected chi connectivity index (χ2v) is 5.01. The van der Waals surface area contributed by atoms with Crippen molar-refractivity contribution in [1.29, 1.82) is 0 Å². The van der Waals surface area contributed by atoms with Gasteiger partial charge in [-0.05, 0) is 36.4 Å². The summed E-state index contributed by atoms with van der Waals surface area (Å²) in [5, 5.41) is 2.73. The second kappa shape index (κ2) is 6.44. The summed E-state index contributed by atoms with van der Waals surface area (Å²) >= 11 is 0. The van der Waals surface area contributed by atoms with E-state index in [4.69, 9.17) is 4.74 Å². The van der Waals surface area contributed by atoms with Crippen LogP contribution < -0.4 is 15.8 Å². The molecule has 1 aromatic carbocycles. The number of nitrogens with one attached hydrogen (secondary N) is 2. The quantitative estimate of drug-likeness (QED) is 0.900. The van der Waals surface area contributed by atoms with Gasteiger partial charge >= 0.3 is 0 Å². The van der Waals surface area contributed by atoms with Crippen molar-refractivity contribution >= 4 is 17.3 Å². The highest BCUT2D eigenvalue weighted by Crippen LogP contribution is 2.19. The van der Waals surface area contributed by atoms with Crippen LogP contribution >= 0.6 is 0 Å². The van der Waals surface area contributed by atoms with Crippen molar-refractivity contribution in [1.82, 2.24) is 4.98 Å². The molecular formula is C16H17N3O3. The number of aromatic amines is 1. The summed E-state index contributed by atoms with van der Waals surface area (Å²) in [6.07, 6.45) is 1.50. The first kappa shape index (κ1) is 14.3. The van der Waals surface area contributed by atoms with Gasteiger partial charge in [-0.1, -0.05) is 0 Å². The molecule has 0 radical (unpaired) electrons. The number of aromatic nitrogens is 1. The van der Waals surface area contributed by atoms with Gasteiger partial charge in [0.05, 0.1) is 13.2 Å². The van der Waals surface area contributed by atoms with Gasteiger partial charge in [-0.15, -0.1) is 0 Å². The van der Waals surface area contributed by atoms with Crippen LogP contribution in [-0.4, -0.2) is 37.2 Å². The van der Waals surface area contributed by atoms with Gasteiger partial charge in [0.1, 0.15) is 5.56 Å². The Labute approximate surface area is 127 Å². The van der Waals surface area contributed by atoms with Crippen LogP contribution in [0.1, 0.15) is 10.4 Å². The number of nitrogens with zero attached hydrogens (tertiary/aromatic N) is 1. The largest absolute Gasteiger partial charge is 0.378 e. The van der Waals surface area contributed by atoms with Crippen LogP contribution in [0.15, 0.2) is 47.4 Å². The summed E-state index contributed by atoms with van der Waals surface area (Å²) in [6, 6.07) is 10.7. The Morgan fingerprint density at radius 2 is 1.86 bits per heavy atom. The van der Waals surface area contributed by atoms with E-state index in [0.717, 1.165) is 32.0 Å². The smallest absolute Gasteiger partial charge is 0.261 e. The highest BCUT2D eigenvalue weighted by atomic mass is 16.5. The molecule has 3 rings (SSSR count). The highest BCUT2D eigenvalue weighted by Gasteiger charge is 2.12. The molecule has 6 nitrogen and oxygen atoms in total. The third kappa shape index (κ3) is 3.17. The molecule has 1 amide bonds. The minimum atomic E-state index is -0.416. The second-order valence-electron chi connectivity index (χ2n) is 5.01. The molecule has 0 saturated carbocycles. The fourth-order valence-corrected chi connectivity index (χ4v) is 2.38. The van der Waals surface area contributed by atoms with E-state index in [1.54, 1.807) is 6.07 Å². The van der Waals surface area contributed by atoms with Crippen LogP contribution in [0.5, 0.6) is 0 Å². The molecule has 0 unspecified atom stereocenters. The van der Waals surface area contributed by atoms with Crippen LogP contribution in [0, 0.1) is 0 Å². The average molecular weight is 299 g/mol. The van der Waals surface area contributed by atoms with Crippen molar-refractivity contribution in [2.24, 2.45) is 0 Å². The molecule has 0 spiro atoms. The lowest BCUT2D eigenvalue weighted by atomic mass is 10.2. The fourth-order valence-electron chi connectivity index (χ4n) is 2.38. The summed E-state index contributed by atoms with van der Waals surface area (Å²) in [5.41, 5.74) is 1.45. The molecule has 1 fully saturated rings. The highest BCUT2D eigenvalue weighted by molar-refractivity contribution is 6.04. The molecule has 2 N–H and O–H groups in total. The number of amides is 1. The molecule has 1 aliphatic heterocycles. The first-order valence-corrected chi connectivity index (χ1v) is 7.16. The number of benzene rings is 1. The number of rotatable bonds is 3. The zero-order valence-electron chi connectivity index (χ0n) is 12.0. The first-order valence-electron chi connectivity index (χ1n) is 7.16. The lowest BCUT2D eigenvalue weighted by Gasteiger charge is -2.28. The van der Waals surface area contributed by atoms with Crippen molar-refractivity contribution in [2.75, 3.05) is 36.5 Å². The normalized spacial score (nSPS) is 14.6. The number of hydrogen-bond donors (Lipinski definition) is 2. The number of ether oxygens (including phenoxy) is 1. The number of pyridine rings is 1. The summed E-state index contributed by atoms with van der Waals surface area (Å²) < 4.78 is 5.33. The molecule has 114 valence electrons. The maximum Gasteiger partial charge on any atom is 0.261 e. The number of hydrogen-bond acceptors (Lipinski definition) is 4. The average Bonchev–Trinajstić information content (AvgIpc) is 2.57. The zero-order valence-corrected chi connectivity index (χ0v) is 12.0. The Kier molecular flexibility index (Phi) is 4.20. The third-order valence-corrected chi connectivity index (χ3v) is 3.56. The van der Waals surface area contributed by atoms with Gasteiger partial charge in [0.25, 0.3) is 11.5 Å². The van der Waals surface area contributed by atoms with E-state index in [9.17, 15) is 9.59 Å². The summed E-state index contributed by atoms with van der Waals surface area (Å²) in [5.74, 6) is -0.416. The van der Waals surface area contributed by atoms with Crippen LogP contribution in [-0.2, 0) is 4.74 Å². The van der Waals surface area contributed by atoms with Crippen LogP contribution in [0.2, 0.25) is 0 Å². The predicted octanol–water partition coefficient (Wildman–Crippen LogP) is 1.46. The van der Waals surface area contributed by atoms with Crippen molar-refractivity contribution < 1.29 is 9.53 Å². The van der Waals surface area contributed by atoms with Gasteiger partial charge < -0.3 is 19.9 Å². The van der Waals surface area contributed by atoms with Crippen LogP contribution in [0.25, 0.3) is 0 Å². The minimum Gasteiger partial charge on any atom is -0.378 e. The van der Waals surface area contributed by atoms with Crippen molar-refractivity contribution in [3.63, 3.8) is 0 Å². The predicted molar refractivity (Wildman–Crippen MR) is 84.5 cm³/mol. The lowest BCUT2D eigenvalue weighted by Crippen LogP contribution is -2.36. The van der Waals surface area contributed by atoms with Crippen LogP contribution in [0.4, 0.5) is 11.4 Å². The molecule has 6 heteroatoms. The van der Waals surface area contributed by atoms with Gasteiger partial charge in [-0.3, -0.25) is 9.59 Å². The molecule has 22 heavy (non-hydrogen) atoms. The number of morpholine rings is 1. The van der Waals surface area contributed by atoms with Gasteiger partial charge in [-0.25, -0.2) is 0 Å².